The molecule has 9 aromatic rings. The van der Waals surface area contributed by atoms with Gasteiger partial charge in [0, 0.05) is 67.1 Å². The Hall–Kier alpha value is -7.82. The molecule has 7 aromatic carbocycles. The molecule has 0 aliphatic heterocycles. The minimum absolute atomic E-state index is 0.929. The molecule has 3 aliphatic rings. The van der Waals surface area contributed by atoms with Crippen molar-refractivity contribution in [2.75, 3.05) is 9.80 Å². The second-order valence-corrected chi connectivity index (χ2v) is 17.1. The molecule has 0 bridgehead atoms. The van der Waals surface area contributed by atoms with Crippen molar-refractivity contribution >= 4 is 89.0 Å². The normalized spacial score (nSPS) is 15.1. The molecule has 4 heteroatoms. The van der Waals surface area contributed by atoms with Crippen LogP contribution in [-0.4, -0.2) is 9.13 Å². The zero-order chi connectivity index (χ0) is 42.4. The summed E-state index contributed by atoms with van der Waals surface area (Å²) < 4.78 is 4.93. The first-order valence-corrected chi connectivity index (χ1v) is 22.8. The Labute approximate surface area is 374 Å². The maximum Gasteiger partial charge on any atom is 0.0539 e. The van der Waals surface area contributed by atoms with Gasteiger partial charge in [0.2, 0.25) is 0 Å². The van der Waals surface area contributed by atoms with Gasteiger partial charge in [0.05, 0.1) is 22.1 Å². The van der Waals surface area contributed by atoms with Crippen molar-refractivity contribution in [1.82, 2.24) is 9.13 Å². The number of anilines is 5. The van der Waals surface area contributed by atoms with E-state index in [4.69, 9.17) is 0 Å². The van der Waals surface area contributed by atoms with Gasteiger partial charge in [-0.15, -0.1) is 0 Å². The van der Waals surface area contributed by atoms with Gasteiger partial charge in [-0.25, -0.2) is 0 Å². The lowest BCUT2D eigenvalue weighted by molar-refractivity contribution is 0.930. The van der Waals surface area contributed by atoms with Crippen LogP contribution in [0, 0.1) is 0 Å². The summed E-state index contributed by atoms with van der Waals surface area (Å²) >= 11 is 0. The van der Waals surface area contributed by atoms with Gasteiger partial charge in [0.25, 0.3) is 0 Å². The maximum absolute atomic E-state index is 2.47. The highest BCUT2D eigenvalue weighted by Gasteiger charge is 2.22. The van der Waals surface area contributed by atoms with Crippen molar-refractivity contribution in [2.45, 2.75) is 38.5 Å². The Morgan fingerprint density at radius 1 is 0.344 bits per heavy atom. The Kier molecular flexibility index (Phi) is 9.56. The van der Waals surface area contributed by atoms with Crippen molar-refractivity contribution < 1.29 is 0 Å². The molecule has 0 fully saturated rings. The number of fused-ring (bicyclic) bond motifs is 6. The van der Waals surface area contributed by atoms with Crippen LogP contribution in [0.5, 0.6) is 0 Å². The number of rotatable bonds is 9. The monoisotopic (exact) mass is 824 g/mol. The van der Waals surface area contributed by atoms with Gasteiger partial charge in [-0.05, 0) is 153 Å². The minimum atomic E-state index is 0.929. The van der Waals surface area contributed by atoms with Gasteiger partial charge >= 0.3 is 0 Å². The Bertz CT molecular complexity index is 3420. The molecule has 0 radical (unpaired) electrons. The summed E-state index contributed by atoms with van der Waals surface area (Å²) in [5.74, 6) is 0. The quantitative estimate of drug-likeness (QED) is 0.144. The molecule has 308 valence electrons. The number of benzene rings is 7. The molecule has 0 N–H and O–H groups in total. The third kappa shape index (κ3) is 6.62. The van der Waals surface area contributed by atoms with E-state index in [0.717, 1.165) is 55.6 Å². The molecule has 2 heterocycles. The molecule has 0 amide bonds. The highest BCUT2D eigenvalue weighted by atomic mass is 15.2. The summed E-state index contributed by atoms with van der Waals surface area (Å²) in [5.41, 5.74) is 17.4. The van der Waals surface area contributed by atoms with E-state index in [2.05, 4.69) is 237 Å². The summed E-state index contributed by atoms with van der Waals surface area (Å²) in [6.07, 6.45) is 24.2. The number of allylic oxidation sites excluding steroid dienone is 12. The van der Waals surface area contributed by atoms with E-state index in [-0.39, 0.29) is 0 Å². The number of hydrogen-bond acceptors (Lipinski definition) is 2. The van der Waals surface area contributed by atoms with Crippen LogP contribution in [0.2, 0.25) is 0 Å². The van der Waals surface area contributed by atoms with Gasteiger partial charge in [-0.3, -0.25) is 0 Å². The van der Waals surface area contributed by atoms with Gasteiger partial charge in [0.15, 0.2) is 0 Å². The Morgan fingerprint density at radius 2 is 0.812 bits per heavy atom. The molecule has 2 aromatic heterocycles. The average Bonchev–Trinajstić information content (AvgIpc) is 3.88. The Morgan fingerprint density at radius 3 is 1.33 bits per heavy atom. The van der Waals surface area contributed by atoms with Crippen molar-refractivity contribution in [3.63, 3.8) is 0 Å². The summed E-state index contributed by atoms with van der Waals surface area (Å²) in [4.78, 5) is 4.85. The van der Waals surface area contributed by atoms with Crippen LogP contribution in [0.3, 0.4) is 0 Å². The van der Waals surface area contributed by atoms with E-state index in [0.29, 0.717) is 0 Å². The molecule has 4 nitrogen and oxygen atoms in total. The van der Waals surface area contributed by atoms with Crippen LogP contribution in [0.1, 0.15) is 44.1 Å². The van der Waals surface area contributed by atoms with Gasteiger partial charge in [0.1, 0.15) is 0 Å². The second kappa shape index (κ2) is 16.1. The molecule has 0 saturated carbocycles. The molecular formula is C60H48N4. The lowest BCUT2D eigenvalue weighted by Gasteiger charge is -2.30. The summed E-state index contributed by atoms with van der Waals surface area (Å²) in [6.45, 7) is 0. The zero-order valence-electron chi connectivity index (χ0n) is 35.8. The smallest absolute Gasteiger partial charge is 0.0539 e. The van der Waals surface area contributed by atoms with Crippen molar-refractivity contribution in [3.05, 3.63) is 230 Å². The largest absolute Gasteiger partial charge is 0.314 e. The van der Waals surface area contributed by atoms with Gasteiger partial charge in [-0.2, -0.15) is 0 Å². The standard InChI is InChI=1S/C60H48N4/c1-5-17-45(18-6-1)61(51-37-39-59-55(41-51)53-25-13-15-27-57(53)63(59)47-21-9-3-10-22-47)49-33-29-43(30-34-49)44-31-35-50(36-32-44)62(46-19-7-2-8-20-46)52-38-40-60-56(42-52)54-26-14-16-28-58(54)64(60)48-23-11-4-12-24-48/h1-9,11,13-21,23,25-31,33-35,37-42H,10,12,22,24,32,36H2. The highest BCUT2D eigenvalue weighted by molar-refractivity contribution is 6.12. The topological polar surface area (TPSA) is 16.3 Å². The van der Waals surface area contributed by atoms with Crippen molar-refractivity contribution in [2.24, 2.45) is 0 Å². The molecule has 0 spiro atoms. The van der Waals surface area contributed by atoms with Crippen LogP contribution >= 0.6 is 0 Å². The van der Waals surface area contributed by atoms with Crippen molar-refractivity contribution in [1.29, 1.82) is 0 Å². The van der Waals surface area contributed by atoms with E-state index in [1.807, 2.05) is 0 Å². The fourth-order valence-electron chi connectivity index (χ4n) is 10.3. The third-order valence-electron chi connectivity index (χ3n) is 13.3. The van der Waals surface area contributed by atoms with E-state index in [1.54, 1.807) is 0 Å². The predicted octanol–water partition coefficient (Wildman–Crippen LogP) is 16.7. The second-order valence-electron chi connectivity index (χ2n) is 17.1. The van der Waals surface area contributed by atoms with E-state index in [1.165, 1.54) is 83.2 Å². The van der Waals surface area contributed by atoms with E-state index < -0.39 is 0 Å². The number of nitrogens with zero attached hydrogens (tertiary/aromatic N) is 4. The molecule has 64 heavy (non-hydrogen) atoms. The lowest BCUT2D eigenvalue weighted by Crippen LogP contribution is -2.17. The fourth-order valence-corrected chi connectivity index (χ4v) is 10.3. The summed E-state index contributed by atoms with van der Waals surface area (Å²) in [6, 6.07) is 62.5. The van der Waals surface area contributed by atoms with Crippen LogP contribution < -0.4 is 9.80 Å². The molecular weight excluding hydrogens is 777 g/mol. The fraction of sp³-hybridized carbons (Fsp3) is 0.100. The first-order valence-electron chi connectivity index (χ1n) is 22.8. The summed E-state index contributed by atoms with van der Waals surface area (Å²) in [7, 11) is 0. The van der Waals surface area contributed by atoms with Gasteiger partial charge in [-0.1, -0.05) is 115 Å². The zero-order valence-corrected chi connectivity index (χ0v) is 35.8. The molecule has 0 atom stereocenters. The number of aromatic nitrogens is 2. The first-order chi connectivity index (χ1) is 31.8. The average molecular weight is 825 g/mol. The number of para-hydroxylation sites is 4. The van der Waals surface area contributed by atoms with E-state index in [9.17, 15) is 0 Å². The number of hydrogen-bond donors (Lipinski definition) is 0. The molecule has 3 aliphatic carbocycles. The maximum atomic E-state index is 2.47. The van der Waals surface area contributed by atoms with Crippen LogP contribution in [0.15, 0.2) is 224 Å². The lowest BCUT2D eigenvalue weighted by atomic mass is 9.94. The molecule has 0 unspecified atom stereocenters. The first kappa shape index (κ1) is 37.9. The predicted molar refractivity (Wildman–Crippen MR) is 273 cm³/mol. The summed E-state index contributed by atoms with van der Waals surface area (Å²) in [5, 5.41) is 5.11. The third-order valence-corrected chi connectivity index (χ3v) is 13.3. The van der Waals surface area contributed by atoms with Crippen molar-refractivity contribution in [3.8, 4) is 0 Å². The van der Waals surface area contributed by atoms with Crippen LogP contribution in [0.4, 0.5) is 28.4 Å². The van der Waals surface area contributed by atoms with Gasteiger partial charge < -0.3 is 18.9 Å². The minimum Gasteiger partial charge on any atom is -0.314 e. The van der Waals surface area contributed by atoms with E-state index >= 15 is 0 Å². The Balaban J connectivity index is 0.892. The van der Waals surface area contributed by atoms with Crippen LogP contribution in [-0.2, 0) is 0 Å². The molecule has 0 saturated heterocycles. The molecule has 12 rings (SSSR count). The highest BCUT2D eigenvalue weighted by Crippen LogP contribution is 2.43. The van der Waals surface area contributed by atoms with Crippen LogP contribution in [0.25, 0.3) is 60.6 Å². The SMILES string of the molecule is C1=CCCC(n2c3ccccc3c3cc(N(C4=CC=C(c5ccc(N(c6ccccc6)c6ccc7c(c6)c6ccccc6n7C6=CC=CCC6)cc5)CC4)c4ccccc4)ccc32)=C1.